The molecule has 0 radical (unpaired) electrons. The minimum Gasteiger partial charge on any atom is -0.377 e. The van der Waals surface area contributed by atoms with Gasteiger partial charge in [-0.3, -0.25) is 4.79 Å². The molecule has 4 nitrogen and oxygen atoms in total. The molecular formula is C28H29N3O. The number of anilines is 1. The van der Waals surface area contributed by atoms with Crippen LogP contribution in [-0.2, 0) is 13.0 Å². The Labute approximate surface area is 188 Å². The molecule has 0 aliphatic carbocycles. The van der Waals surface area contributed by atoms with Gasteiger partial charge in [0.15, 0.2) is 0 Å². The van der Waals surface area contributed by atoms with Crippen LogP contribution in [0.25, 0.3) is 10.8 Å². The maximum atomic E-state index is 12.8. The van der Waals surface area contributed by atoms with E-state index in [1.54, 1.807) is 0 Å². The molecule has 2 N–H and O–H groups in total. The number of hydrogen-bond acceptors (Lipinski definition) is 3. The highest BCUT2D eigenvalue weighted by Crippen LogP contribution is 2.48. The number of hydrogen-bond donors (Lipinski definition) is 2. The average molecular weight is 424 g/mol. The molecule has 2 heterocycles. The first kappa shape index (κ1) is 20.5. The second kappa shape index (κ2) is 8.29. The molecule has 0 saturated heterocycles. The van der Waals surface area contributed by atoms with Crippen molar-refractivity contribution in [3.8, 4) is 0 Å². The summed E-state index contributed by atoms with van der Waals surface area (Å²) in [6.45, 7) is 3.04. The molecule has 0 spiro atoms. The largest absolute Gasteiger partial charge is 0.377 e. The van der Waals surface area contributed by atoms with E-state index in [1.807, 2.05) is 12.1 Å². The molecule has 0 fully saturated rings. The Balaban J connectivity index is 1.73. The Hall–Kier alpha value is -3.37. The highest BCUT2D eigenvalue weighted by Gasteiger charge is 2.35. The maximum Gasteiger partial charge on any atom is 0.256 e. The number of aromatic nitrogens is 1. The molecule has 4 heteroatoms. The number of aryl methyl sites for hydroxylation is 1. The maximum absolute atomic E-state index is 12.8. The van der Waals surface area contributed by atoms with Crippen molar-refractivity contribution in [1.29, 1.82) is 0 Å². The highest BCUT2D eigenvalue weighted by molar-refractivity contribution is 5.98. The molecule has 1 aromatic heterocycles. The van der Waals surface area contributed by atoms with Crippen molar-refractivity contribution in [3.05, 3.63) is 111 Å². The molecular weight excluding hydrogens is 394 g/mol. The van der Waals surface area contributed by atoms with E-state index in [0.717, 1.165) is 35.1 Å². The fourth-order valence-corrected chi connectivity index (χ4v) is 5.10. The van der Waals surface area contributed by atoms with Gasteiger partial charge in [0.1, 0.15) is 0 Å². The van der Waals surface area contributed by atoms with Gasteiger partial charge in [0.2, 0.25) is 0 Å². The fraction of sp³-hybridized carbons (Fsp3) is 0.250. The van der Waals surface area contributed by atoms with Gasteiger partial charge in [-0.2, -0.15) is 0 Å². The Morgan fingerprint density at radius 1 is 0.875 bits per heavy atom. The molecule has 2 unspecified atom stereocenters. The van der Waals surface area contributed by atoms with Crippen LogP contribution in [0.1, 0.15) is 46.8 Å². The second-order valence-corrected chi connectivity index (χ2v) is 8.92. The van der Waals surface area contributed by atoms with E-state index in [-0.39, 0.29) is 17.5 Å². The summed E-state index contributed by atoms with van der Waals surface area (Å²) in [4.78, 5) is 18.2. The first-order valence-corrected chi connectivity index (χ1v) is 11.3. The molecule has 32 heavy (non-hydrogen) atoms. The molecule has 1 aliphatic rings. The number of nitrogens with one attached hydrogen (secondary N) is 2. The van der Waals surface area contributed by atoms with Gasteiger partial charge in [-0.1, -0.05) is 67.6 Å². The van der Waals surface area contributed by atoms with Crippen molar-refractivity contribution in [2.75, 3.05) is 19.4 Å². The smallest absolute Gasteiger partial charge is 0.256 e. The van der Waals surface area contributed by atoms with E-state index in [1.165, 1.54) is 22.3 Å². The van der Waals surface area contributed by atoms with Crippen LogP contribution in [0.3, 0.4) is 0 Å². The molecule has 5 rings (SSSR count). The lowest BCUT2D eigenvalue weighted by Gasteiger charge is -2.37. The second-order valence-electron chi connectivity index (χ2n) is 8.92. The Morgan fingerprint density at radius 3 is 2.31 bits per heavy atom. The number of rotatable bonds is 5. The van der Waals surface area contributed by atoms with E-state index in [9.17, 15) is 4.79 Å². The van der Waals surface area contributed by atoms with Crippen LogP contribution in [0.2, 0.25) is 0 Å². The number of benzene rings is 3. The lowest BCUT2D eigenvalue weighted by Crippen LogP contribution is -2.28. The monoisotopic (exact) mass is 423 g/mol. The van der Waals surface area contributed by atoms with Crippen LogP contribution in [0.5, 0.6) is 0 Å². The van der Waals surface area contributed by atoms with Crippen molar-refractivity contribution >= 4 is 16.5 Å². The predicted octanol–water partition coefficient (Wildman–Crippen LogP) is 5.45. The normalized spacial score (nSPS) is 17.5. The SMILES string of the molecule is CCc1[nH]c(=O)c2cccc3c2c1C(c1ccccc1)C(c1ccc(CN(C)C)cc1)N3. The van der Waals surface area contributed by atoms with Gasteiger partial charge in [0, 0.05) is 34.6 Å². The zero-order chi connectivity index (χ0) is 22.2. The minimum absolute atomic E-state index is 0.0115. The van der Waals surface area contributed by atoms with Crippen molar-refractivity contribution in [1.82, 2.24) is 9.88 Å². The predicted molar refractivity (Wildman–Crippen MR) is 132 cm³/mol. The molecule has 0 saturated carbocycles. The Bertz CT molecular complexity index is 1310. The molecule has 1 aliphatic heterocycles. The van der Waals surface area contributed by atoms with Crippen LogP contribution < -0.4 is 10.9 Å². The van der Waals surface area contributed by atoms with Crippen LogP contribution in [0, 0.1) is 0 Å². The molecule has 0 bridgehead atoms. The first-order valence-electron chi connectivity index (χ1n) is 11.3. The first-order chi connectivity index (χ1) is 15.6. The summed E-state index contributed by atoms with van der Waals surface area (Å²) in [5.41, 5.74) is 7.09. The summed E-state index contributed by atoms with van der Waals surface area (Å²) in [5, 5.41) is 5.61. The molecule has 4 aromatic rings. The Morgan fingerprint density at radius 2 is 1.62 bits per heavy atom. The summed E-state index contributed by atoms with van der Waals surface area (Å²) >= 11 is 0. The summed E-state index contributed by atoms with van der Waals surface area (Å²) < 4.78 is 0. The van der Waals surface area contributed by atoms with Gasteiger partial charge in [-0.05, 0) is 54.9 Å². The average Bonchev–Trinajstić information content (AvgIpc) is 2.81. The number of aromatic amines is 1. The van der Waals surface area contributed by atoms with E-state index in [2.05, 4.69) is 96.9 Å². The van der Waals surface area contributed by atoms with Crippen LogP contribution in [0.4, 0.5) is 5.69 Å². The van der Waals surface area contributed by atoms with Gasteiger partial charge >= 0.3 is 0 Å². The van der Waals surface area contributed by atoms with E-state index in [0.29, 0.717) is 0 Å². The number of nitrogens with zero attached hydrogens (tertiary/aromatic N) is 1. The van der Waals surface area contributed by atoms with Gasteiger partial charge in [-0.15, -0.1) is 0 Å². The summed E-state index contributed by atoms with van der Waals surface area (Å²) in [6.07, 6.45) is 0.784. The number of pyridine rings is 1. The van der Waals surface area contributed by atoms with Crippen molar-refractivity contribution < 1.29 is 0 Å². The summed E-state index contributed by atoms with van der Waals surface area (Å²) in [6, 6.07) is 25.7. The van der Waals surface area contributed by atoms with E-state index >= 15 is 0 Å². The zero-order valence-electron chi connectivity index (χ0n) is 18.9. The minimum atomic E-state index is -0.0115. The van der Waals surface area contributed by atoms with Crippen molar-refractivity contribution in [2.45, 2.75) is 31.8 Å². The quantitative estimate of drug-likeness (QED) is 0.449. The molecule has 2 atom stereocenters. The van der Waals surface area contributed by atoms with E-state index in [4.69, 9.17) is 0 Å². The highest BCUT2D eigenvalue weighted by atomic mass is 16.1. The topological polar surface area (TPSA) is 48.1 Å². The third-order valence-electron chi connectivity index (χ3n) is 6.47. The summed E-state index contributed by atoms with van der Waals surface area (Å²) in [5.74, 6) is 0.0973. The van der Waals surface area contributed by atoms with E-state index < -0.39 is 0 Å². The van der Waals surface area contributed by atoms with Crippen molar-refractivity contribution in [2.24, 2.45) is 0 Å². The van der Waals surface area contributed by atoms with Gasteiger partial charge in [0.25, 0.3) is 5.56 Å². The lowest BCUT2D eigenvalue weighted by molar-refractivity contribution is 0.402. The molecule has 162 valence electrons. The third-order valence-corrected chi connectivity index (χ3v) is 6.47. The molecule has 0 amide bonds. The zero-order valence-corrected chi connectivity index (χ0v) is 18.9. The fourth-order valence-electron chi connectivity index (χ4n) is 5.10. The van der Waals surface area contributed by atoms with Crippen LogP contribution >= 0.6 is 0 Å². The van der Waals surface area contributed by atoms with Crippen LogP contribution in [0.15, 0.2) is 77.6 Å². The van der Waals surface area contributed by atoms with Gasteiger partial charge in [0.05, 0.1) is 6.04 Å². The third kappa shape index (κ3) is 3.51. The van der Waals surface area contributed by atoms with Gasteiger partial charge in [-0.25, -0.2) is 0 Å². The number of H-pyrrole nitrogens is 1. The molecule has 3 aromatic carbocycles. The van der Waals surface area contributed by atoms with Gasteiger partial charge < -0.3 is 15.2 Å². The standard InChI is InChI=1S/C28H29N3O/c1-4-22-26-24(19-9-6-5-7-10-19)27(20-15-13-18(14-16-20)17-31(2)3)29-23-12-8-11-21(25(23)26)28(32)30-22/h5-16,24,27,29H,4,17H2,1-3H3,(H,30,32). The Kier molecular flexibility index (Phi) is 5.32. The van der Waals surface area contributed by atoms with Crippen LogP contribution in [-0.4, -0.2) is 24.0 Å². The summed E-state index contributed by atoms with van der Waals surface area (Å²) in [7, 11) is 4.18. The lowest BCUT2D eigenvalue weighted by atomic mass is 9.76. The van der Waals surface area contributed by atoms with Crippen molar-refractivity contribution in [3.63, 3.8) is 0 Å².